The first-order chi connectivity index (χ1) is 14.7. The molecule has 1 unspecified atom stereocenters. The van der Waals surface area contributed by atoms with E-state index in [9.17, 15) is 22.8 Å². The van der Waals surface area contributed by atoms with Gasteiger partial charge in [-0.2, -0.15) is 13.2 Å². The lowest BCUT2D eigenvalue weighted by Gasteiger charge is -2.16. The van der Waals surface area contributed by atoms with Crippen molar-refractivity contribution >= 4 is 17.6 Å². The van der Waals surface area contributed by atoms with Crippen LogP contribution in [-0.2, 0) is 33.3 Å². The molecule has 0 fully saturated rings. The number of anilines is 1. The van der Waals surface area contributed by atoms with E-state index >= 15 is 0 Å². The van der Waals surface area contributed by atoms with Crippen LogP contribution in [0.4, 0.5) is 18.9 Å². The smallest absolute Gasteiger partial charge is 0.416 e. The Kier molecular flexibility index (Phi) is 8.47. The van der Waals surface area contributed by atoms with Crippen molar-refractivity contribution in [1.29, 1.82) is 0 Å². The van der Waals surface area contributed by atoms with Gasteiger partial charge in [-0.25, -0.2) is 0 Å². The highest BCUT2D eigenvalue weighted by Crippen LogP contribution is 2.30. The summed E-state index contributed by atoms with van der Waals surface area (Å²) in [6.07, 6.45) is -3.38. The van der Waals surface area contributed by atoms with Gasteiger partial charge in [0.05, 0.1) is 31.6 Å². The Balaban J connectivity index is 2.11. The number of amides is 1. The van der Waals surface area contributed by atoms with Gasteiger partial charge < -0.3 is 14.8 Å². The van der Waals surface area contributed by atoms with Crippen LogP contribution in [0.2, 0.25) is 0 Å². The van der Waals surface area contributed by atoms with E-state index in [0.29, 0.717) is 30.8 Å². The van der Waals surface area contributed by atoms with Crippen LogP contribution in [0.15, 0.2) is 42.5 Å². The minimum absolute atomic E-state index is 0.0335. The third-order valence-corrected chi connectivity index (χ3v) is 4.79. The van der Waals surface area contributed by atoms with E-state index in [1.165, 1.54) is 19.2 Å². The molecule has 8 heteroatoms. The second-order valence-electron chi connectivity index (χ2n) is 7.01. The maximum Gasteiger partial charge on any atom is 0.416 e. The minimum Gasteiger partial charge on any atom is -0.496 e. The molecule has 0 aliphatic heterocycles. The molecule has 2 aromatic carbocycles. The van der Waals surface area contributed by atoms with E-state index in [0.717, 1.165) is 17.7 Å². The number of ether oxygens (including phenoxy) is 2. The molecule has 0 bridgehead atoms. The first-order valence-electron chi connectivity index (χ1n) is 9.97. The van der Waals surface area contributed by atoms with E-state index in [-0.39, 0.29) is 24.0 Å². The first kappa shape index (κ1) is 24.2. The van der Waals surface area contributed by atoms with Crippen molar-refractivity contribution in [2.45, 2.75) is 39.3 Å². The largest absolute Gasteiger partial charge is 0.496 e. The van der Waals surface area contributed by atoms with Gasteiger partial charge in [-0.05, 0) is 55.7 Å². The molecule has 168 valence electrons. The second-order valence-corrected chi connectivity index (χ2v) is 7.01. The topological polar surface area (TPSA) is 64.6 Å². The molecule has 2 rings (SSSR count). The van der Waals surface area contributed by atoms with E-state index in [1.54, 1.807) is 19.1 Å². The van der Waals surface area contributed by atoms with Crippen molar-refractivity contribution in [1.82, 2.24) is 0 Å². The van der Waals surface area contributed by atoms with Crippen molar-refractivity contribution in [3.63, 3.8) is 0 Å². The summed E-state index contributed by atoms with van der Waals surface area (Å²) < 4.78 is 48.4. The zero-order chi connectivity index (χ0) is 23.0. The van der Waals surface area contributed by atoms with Crippen LogP contribution in [0.25, 0.3) is 0 Å². The maximum atomic E-state index is 12.7. The number of rotatable bonds is 9. The molecular formula is C23H26F3NO4. The van der Waals surface area contributed by atoms with Crippen molar-refractivity contribution in [2.24, 2.45) is 5.92 Å². The van der Waals surface area contributed by atoms with Crippen LogP contribution in [-0.4, -0.2) is 25.6 Å². The van der Waals surface area contributed by atoms with E-state index < -0.39 is 17.6 Å². The molecule has 0 aromatic heterocycles. The van der Waals surface area contributed by atoms with Gasteiger partial charge in [-0.15, -0.1) is 0 Å². The highest BCUT2D eigenvalue weighted by atomic mass is 19.4. The number of carbonyl (C=O) groups is 2. The summed E-state index contributed by atoms with van der Waals surface area (Å²) in [5.74, 6) is -0.437. The summed E-state index contributed by atoms with van der Waals surface area (Å²) in [5.41, 5.74) is 0.953. The molecule has 1 N–H and O–H groups in total. The number of hydrogen-bond acceptors (Lipinski definition) is 4. The normalized spacial score (nSPS) is 12.2. The Bertz CT molecular complexity index is 895. The monoisotopic (exact) mass is 437 g/mol. The van der Waals surface area contributed by atoms with Crippen LogP contribution in [0, 0.1) is 5.92 Å². The molecule has 0 radical (unpaired) electrons. The number of halogens is 3. The zero-order valence-corrected chi connectivity index (χ0v) is 17.7. The number of carbonyl (C=O) groups excluding carboxylic acids is 2. The first-order valence-corrected chi connectivity index (χ1v) is 9.97. The molecule has 2 aromatic rings. The average Bonchev–Trinajstić information content (AvgIpc) is 2.72. The molecule has 0 aliphatic rings. The Labute approximate surface area is 179 Å². The SMILES string of the molecule is CCOC(=O)C(CC)Cc1ccc(OC)c(CC(=O)Nc2ccc(C(F)(F)F)cc2)c1. The van der Waals surface area contributed by atoms with Gasteiger partial charge in [-0.1, -0.05) is 19.1 Å². The maximum absolute atomic E-state index is 12.7. The van der Waals surface area contributed by atoms with Crippen LogP contribution in [0.3, 0.4) is 0 Å². The van der Waals surface area contributed by atoms with Crippen molar-refractivity contribution in [2.75, 3.05) is 19.0 Å². The summed E-state index contributed by atoms with van der Waals surface area (Å²) in [5, 5.41) is 2.59. The van der Waals surface area contributed by atoms with Crippen LogP contribution < -0.4 is 10.1 Å². The summed E-state index contributed by atoms with van der Waals surface area (Å²) in [7, 11) is 1.49. The number of methoxy groups -OCH3 is 1. The molecule has 5 nitrogen and oxygen atoms in total. The quantitative estimate of drug-likeness (QED) is 0.559. The average molecular weight is 437 g/mol. The molecule has 0 aliphatic carbocycles. The third kappa shape index (κ3) is 7.01. The van der Waals surface area contributed by atoms with Crippen LogP contribution in [0.5, 0.6) is 5.75 Å². The Morgan fingerprint density at radius 2 is 1.74 bits per heavy atom. The van der Waals surface area contributed by atoms with Gasteiger partial charge in [0.2, 0.25) is 5.91 Å². The molecule has 1 atom stereocenters. The fraction of sp³-hybridized carbons (Fsp3) is 0.391. The summed E-state index contributed by atoms with van der Waals surface area (Å²) >= 11 is 0. The number of nitrogens with one attached hydrogen (secondary N) is 1. The third-order valence-electron chi connectivity index (χ3n) is 4.79. The number of benzene rings is 2. The Morgan fingerprint density at radius 1 is 1.06 bits per heavy atom. The van der Waals surface area contributed by atoms with Gasteiger partial charge in [0.1, 0.15) is 5.75 Å². The van der Waals surface area contributed by atoms with Gasteiger partial charge in [0.25, 0.3) is 0 Å². The molecular weight excluding hydrogens is 411 g/mol. The van der Waals surface area contributed by atoms with Crippen LogP contribution in [0.1, 0.15) is 37.0 Å². The lowest BCUT2D eigenvalue weighted by Crippen LogP contribution is -2.19. The van der Waals surface area contributed by atoms with E-state index in [1.807, 2.05) is 13.0 Å². The Morgan fingerprint density at radius 3 is 2.29 bits per heavy atom. The number of esters is 1. The van der Waals surface area contributed by atoms with Crippen molar-refractivity contribution in [3.05, 3.63) is 59.2 Å². The van der Waals surface area contributed by atoms with E-state index in [4.69, 9.17) is 9.47 Å². The summed E-state index contributed by atoms with van der Waals surface area (Å²) in [6, 6.07) is 9.60. The molecule has 1 amide bonds. The van der Waals surface area contributed by atoms with Gasteiger partial charge in [0, 0.05) is 11.3 Å². The highest BCUT2D eigenvalue weighted by molar-refractivity contribution is 5.92. The minimum atomic E-state index is -4.43. The molecule has 0 spiro atoms. The predicted molar refractivity (Wildman–Crippen MR) is 111 cm³/mol. The Hall–Kier alpha value is -3.03. The standard InChI is InChI=1S/C23H26F3NO4/c1-4-16(22(29)31-5-2)12-15-6-11-20(30-3)17(13-15)14-21(28)27-19-9-7-18(8-10-19)23(24,25)26/h6-11,13,16H,4-5,12,14H2,1-3H3,(H,27,28). The number of hydrogen-bond donors (Lipinski definition) is 1. The van der Waals surface area contributed by atoms with Gasteiger partial charge >= 0.3 is 12.1 Å². The van der Waals surface area contributed by atoms with Crippen LogP contribution >= 0.6 is 0 Å². The highest BCUT2D eigenvalue weighted by Gasteiger charge is 2.30. The number of alkyl halides is 3. The van der Waals surface area contributed by atoms with Crippen molar-refractivity contribution < 1.29 is 32.2 Å². The summed E-state index contributed by atoms with van der Waals surface area (Å²) in [4.78, 5) is 24.5. The zero-order valence-electron chi connectivity index (χ0n) is 17.7. The van der Waals surface area contributed by atoms with E-state index in [2.05, 4.69) is 5.32 Å². The van der Waals surface area contributed by atoms with Gasteiger partial charge in [0.15, 0.2) is 0 Å². The summed E-state index contributed by atoms with van der Waals surface area (Å²) in [6.45, 7) is 3.97. The molecule has 0 heterocycles. The van der Waals surface area contributed by atoms with Gasteiger partial charge in [-0.3, -0.25) is 9.59 Å². The molecule has 31 heavy (non-hydrogen) atoms. The lowest BCUT2D eigenvalue weighted by molar-refractivity contribution is -0.148. The second kappa shape index (κ2) is 10.8. The fourth-order valence-corrected chi connectivity index (χ4v) is 3.16. The molecule has 0 saturated carbocycles. The van der Waals surface area contributed by atoms with Crippen molar-refractivity contribution in [3.8, 4) is 5.75 Å². The predicted octanol–water partition coefficient (Wildman–Crippen LogP) is 5.03. The lowest BCUT2D eigenvalue weighted by atomic mass is 9.95. The fourth-order valence-electron chi connectivity index (χ4n) is 3.16. The molecule has 0 saturated heterocycles.